The van der Waals surface area contributed by atoms with E-state index in [0.717, 1.165) is 22.3 Å². The number of fused-ring (bicyclic) bond motifs is 1. The summed E-state index contributed by atoms with van der Waals surface area (Å²) in [5.74, 6) is -0.0400. The number of carbonyl (C=O) groups excluding carboxylic acids is 1. The highest BCUT2D eigenvalue weighted by molar-refractivity contribution is 5.96. The molecule has 3 heterocycles. The first-order chi connectivity index (χ1) is 18.1. The van der Waals surface area contributed by atoms with Gasteiger partial charge in [0.25, 0.3) is 0 Å². The Morgan fingerprint density at radius 2 is 1.68 bits per heavy atom. The third-order valence-electron chi connectivity index (χ3n) is 6.97. The summed E-state index contributed by atoms with van der Waals surface area (Å²) in [5, 5.41) is 11.1. The van der Waals surface area contributed by atoms with Gasteiger partial charge in [-0.25, -0.2) is 4.98 Å². The van der Waals surface area contributed by atoms with Crippen LogP contribution in [-0.2, 0) is 16.1 Å². The van der Waals surface area contributed by atoms with Crippen LogP contribution in [0.5, 0.6) is 0 Å². The zero-order chi connectivity index (χ0) is 25.8. The van der Waals surface area contributed by atoms with E-state index in [4.69, 9.17) is 9.72 Å². The summed E-state index contributed by atoms with van der Waals surface area (Å²) < 4.78 is 7.50. The largest absolute Gasteiger partial charge is 0.378 e. The Morgan fingerprint density at radius 1 is 1.05 bits per heavy atom. The van der Waals surface area contributed by atoms with E-state index >= 15 is 0 Å². The zero-order valence-electron chi connectivity index (χ0n) is 21.2. The lowest BCUT2D eigenvalue weighted by molar-refractivity contribution is -0.129. The molecule has 1 saturated heterocycles. The van der Waals surface area contributed by atoms with Gasteiger partial charge >= 0.3 is 0 Å². The van der Waals surface area contributed by atoms with Crippen LogP contribution in [0.4, 0.5) is 0 Å². The van der Waals surface area contributed by atoms with Gasteiger partial charge in [0.05, 0.1) is 24.5 Å². The normalized spacial score (nSPS) is 13.9. The van der Waals surface area contributed by atoms with Crippen LogP contribution in [0, 0.1) is 25.2 Å². The number of morpholine rings is 1. The number of aryl methyl sites for hydroxylation is 2. The maximum atomic E-state index is 13.0. The van der Waals surface area contributed by atoms with Crippen molar-refractivity contribution in [2.24, 2.45) is 0 Å². The highest BCUT2D eigenvalue weighted by Crippen LogP contribution is 2.33. The van der Waals surface area contributed by atoms with Crippen LogP contribution in [-0.4, -0.2) is 46.7 Å². The number of nitrogens with zero attached hydrogens (tertiary/aromatic N) is 4. The van der Waals surface area contributed by atoms with Gasteiger partial charge in [-0.3, -0.25) is 4.79 Å². The van der Waals surface area contributed by atoms with E-state index in [9.17, 15) is 10.1 Å². The summed E-state index contributed by atoms with van der Waals surface area (Å²) in [6.07, 6.45) is 3.37. The van der Waals surface area contributed by atoms with E-state index < -0.39 is 0 Å². The quantitative estimate of drug-likeness (QED) is 0.347. The molecule has 37 heavy (non-hydrogen) atoms. The number of carbonyl (C=O) groups is 1. The molecule has 0 spiro atoms. The van der Waals surface area contributed by atoms with Gasteiger partial charge in [-0.15, -0.1) is 0 Å². The second-order valence-corrected chi connectivity index (χ2v) is 9.41. The van der Waals surface area contributed by atoms with Crippen LogP contribution in [0.25, 0.3) is 17.1 Å². The average molecular weight is 491 g/mol. The van der Waals surface area contributed by atoms with Gasteiger partial charge in [-0.1, -0.05) is 60.7 Å². The third kappa shape index (κ3) is 5.04. The topological polar surface area (TPSA) is 71.2 Å². The molecule has 0 saturated carbocycles. The van der Waals surface area contributed by atoms with E-state index in [2.05, 4.69) is 34.9 Å². The van der Waals surface area contributed by atoms with Gasteiger partial charge in [-0.2, -0.15) is 5.26 Å². The molecule has 0 N–H and O–H groups in total. The van der Waals surface area contributed by atoms with Crippen LogP contribution >= 0.6 is 0 Å². The lowest BCUT2D eigenvalue weighted by atomic mass is 9.91. The van der Waals surface area contributed by atoms with Crippen molar-refractivity contribution < 1.29 is 9.53 Å². The summed E-state index contributed by atoms with van der Waals surface area (Å²) in [7, 11) is 0. The fourth-order valence-corrected chi connectivity index (χ4v) is 5.17. The number of benzene rings is 2. The van der Waals surface area contributed by atoms with Gasteiger partial charge in [-0.05, 0) is 42.7 Å². The van der Waals surface area contributed by atoms with Crippen molar-refractivity contribution in [2.45, 2.75) is 26.3 Å². The molecule has 5 rings (SSSR count). The Bertz CT molecular complexity index is 1440. The Balaban J connectivity index is 1.66. The third-order valence-corrected chi connectivity index (χ3v) is 6.97. The maximum absolute atomic E-state index is 13.0. The van der Waals surface area contributed by atoms with E-state index in [1.807, 2.05) is 56.3 Å². The van der Waals surface area contributed by atoms with Gasteiger partial charge in [0, 0.05) is 42.7 Å². The van der Waals surface area contributed by atoms with Crippen LogP contribution in [0.2, 0.25) is 0 Å². The van der Waals surface area contributed by atoms with Gasteiger partial charge in [0.1, 0.15) is 11.7 Å². The summed E-state index contributed by atoms with van der Waals surface area (Å²) in [4.78, 5) is 19.6. The van der Waals surface area contributed by atoms with Crippen LogP contribution in [0.1, 0.15) is 39.6 Å². The molecular formula is C31H30N4O2. The molecule has 2 aromatic carbocycles. The van der Waals surface area contributed by atoms with E-state index in [0.29, 0.717) is 44.1 Å². The minimum absolute atomic E-state index is 0.0363. The number of amides is 1. The molecule has 4 aromatic rings. The van der Waals surface area contributed by atoms with Crippen molar-refractivity contribution >= 4 is 23.0 Å². The first-order valence-corrected chi connectivity index (χ1v) is 12.6. The van der Waals surface area contributed by atoms with Crippen molar-refractivity contribution in [2.75, 3.05) is 26.3 Å². The SMILES string of the molecule is Cc1cc(C)c2c(C#N)c(/C=C/C(=O)N3CCOCC3)n(CC(c3ccccc3)c3ccccc3)c2n1. The molecule has 0 unspecified atom stereocenters. The molecule has 1 fully saturated rings. The van der Waals surface area contributed by atoms with Crippen molar-refractivity contribution in [3.8, 4) is 6.07 Å². The predicted molar refractivity (Wildman–Crippen MR) is 145 cm³/mol. The highest BCUT2D eigenvalue weighted by atomic mass is 16.5. The molecule has 6 nitrogen and oxygen atoms in total. The number of nitriles is 1. The Morgan fingerprint density at radius 3 is 2.27 bits per heavy atom. The van der Waals surface area contributed by atoms with E-state index in [-0.39, 0.29) is 11.8 Å². The minimum atomic E-state index is -0.0764. The number of hydrogen-bond donors (Lipinski definition) is 0. The second kappa shape index (κ2) is 10.8. The molecule has 1 aliphatic rings. The maximum Gasteiger partial charge on any atom is 0.246 e. The Hall–Kier alpha value is -4.21. The fourth-order valence-electron chi connectivity index (χ4n) is 5.17. The Kier molecular flexibility index (Phi) is 7.16. The molecule has 0 bridgehead atoms. The predicted octanol–water partition coefficient (Wildman–Crippen LogP) is 5.23. The first-order valence-electron chi connectivity index (χ1n) is 12.6. The molecular weight excluding hydrogens is 460 g/mol. The smallest absolute Gasteiger partial charge is 0.246 e. The van der Waals surface area contributed by atoms with E-state index in [1.165, 1.54) is 11.1 Å². The minimum Gasteiger partial charge on any atom is -0.378 e. The van der Waals surface area contributed by atoms with Gasteiger partial charge < -0.3 is 14.2 Å². The number of ether oxygens (including phenoxy) is 1. The summed E-state index contributed by atoms with van der Waals surface area (Å²) in [6, 6.07) is 25.2. The van der Waals surface area contributed by atoms with Crippen molar-refractivity contribution in [3.05, 3.63) is 106 Å². The highest BCUT2D eigenvalue weighted by Gasteiger charge is 2.24. The first kappa shape index (κ1) is 24.5. The summed E-state index contributed by atoms with van der Waals surface area (Å²) in [6.45, 7) is 6.79. The molecule has 0 atom stereocenters. The van der Waals surface area contributed by atoms with Crippen molar-refractivity contribution in [3.63, 3.8) is 0 Å². The molecule has 6 heteroatoms. The Labute approximate surface area is 217 Å². The van der Waals surface area contributed by atoms with Crippen LogP contribution in [0.15, 0.2) is 72.8 Å². The molecule has 1 amide bonds. The summed E-state index contributed by atoms with van der Waals surface area (Å²) in [5.41, 5.74) is 6.27. The second-order valence-electron chi connectivity index (χ2n) is 9.41. The number of aromatic nitrogens is 2. The number of hydrogen-bond acceptors (Lipinski definition) is 4. The van der Waals surface area contributed by atoms with Gasteiger partial charge in [0.2, 0.25) is 5.91 Å². The monoisotopic (exact) mass is 490 g/mol. The van der Waals surface area contributed by atoms with E-state index in [1.54, 1.807) is 17.1 Å². The molecule has 186 valence electrons. The van der Waals surface area contributed by atoms with Crippen molar-refractivity contribution in [1.82, 2.24) is 14.5 Å². The molecule has 0 radical (unpaired) electrons. The molecule has 1 aliphatic heterocycles. The lowest BCUT2D eigenvalue weighted by Gasteiger charge is -2.25. The standard InChI is InChI=1S/C31H30N4O2/c1-22-19-23(2)33-31-30(22)26(20-32)28(13-14-29(36)34-15-17-37-18-16-34)35(31)21-27(24-9-5-3-6-10-24)25-11-7-4-8-12-25/h3-14,19,27H,15-18,21H2,1-2H3/b14-13+. The van der Waals surface area contributed by atoms with Crippen LogP contribution < -0.4 is 0 Å². The van der Waals surface area contributed by atoms with Gasteiger partial charge in [0.15, 0.2) is 0 Å². The number of rotatable bonds is 6. The molecule has 2 aromatic heterocycles. The molecule has 0 aliphatic carbocycles. The average Bonchev–Trinajstić information content (AvgIpc) is 3.23. The van der Waals surface area contributed by atoms with Crippen molar-refractivity contribution in [1.29, 1.82) is 5.26 Å². The van der Waals surface area contributed by atoms with Crippen LogP contribution in [0.3, 0.4) is 0 Å². The summed E-state index contributed by atoms with van der Waals surface area (Å²) >= 11 is 0. The zero-order valence-corrected chi connectivity index (χ0v) is 21.2. The lowest BCUT2D eigenvalue weighted by Crippen LogP contribution is -2.39. The fraction of sp³-hybridized carbons (Fsp3) is 0.258. The number of pyridine rings is 1.